The van der Waals surface area contributed by atoms with Crippen molar-refractivity contribution in [3.63, 3.8) is 0 Å². The summed E-state index contributed by atoms with van der Waals surface area (Å²) >= 11 is 0. The van der Waals surface area contributed by atoms with E-state index < -0.39 is 0 Å². The Morgan fingerprint density at radius 3 is 2.75 bits per heavy atom. The van der Waals surface area contributed by atoms with Crippen molar-refractivity contribution >= 4 is 29.9 Å². The molecule has 2 aromatic rings. The summed E-state index contributed by atoms with van der Waals surface area (Å²) in [6, 6.07) is 10.1. The van der Waals surface area contributed by atoms with Gasteiger partial charge in [-0.2, -0.15) is 5.10 Å². The fraction of sp³-hybridized carbons (Fsp3) is 0.412. The maximum absolute atomic E-state index is 9.69. The van der Waals surface area contributed by atoms with E-state index >= 15 is 0 Å². The van der Waals surface area contributed by atoms with E-state index in [-0.39, 0.29) is 30.1 Å². The fourth-order valence-electron chi connectivity index (χ4n) is 2.70. The van der Waals surface area contributed by atoms with Crippen LogP contribution in [0.1, 0.15) is 18.9 Å². The molecule has 3 rings (SSSR count). The number of aromatic nitrogens is 2. The average Bonchev–Trinajstić information content (AvgIpc) is 3.23. The Morgan fingerprint density at radius 2 is 2.17 bits per heavy atom. The number of likely N-dealkylation sites (tertiary alicyclic amines) is 1. The van der Waals surface area contributed by atoms with Gasteiger partial charge in [0.15, 0.2) is 5.96 Å². The van der Waals surface area contributed by atoms with E-state index in [1.165, 1.54) is 0 Å². The average molecular weight is 441 g/mol. The van der Waals surface area contributed by atoms with Gasteiger partial charge >= 0.3 is 0 Å². The van der Waals surface area contributed by atoms with Crippen LogP contribution in [0, 0.1) is 0 Å². The van der Waals surface area contributed by atoms with Gasteiger partial charge in [-0.1, -0.05) is 12.1 Å². The molecule has 0 radical (unpaired) electrons. The molecule has 6 nitrogen and oxygen atoms in total. The topological polar surface area (TPSA) is 65.7 Å². The summed E-state index contributed by atoms with van der Waals surface area (Å²) in [7, 11) is 0. The molecule has 1 aliphatic heterocycles. The van der Waals surface area contributed by atoms with Crippen LogP contribution in [0.5, 0.6) is 0 Å². The van der Waals surface area contributed by atoms with E-state index in [1.807, 2.05) is 29.1 Å². The highest BCUT2D eigenvalue weighted by atomic mass is 127. The Hall–Kier alpha value is -1.61. The summed E-state index contributed by atoms with van der Waals surface area (Å²) in [6.07, 6.45) is 4.26. The molecule has 24 heavy (non-hydrogen) atoms. The molecule has 1 aliphatic rings. The monoisotopic (exact) mass is 441 g/mol. The number of aliphatic imine (C=N–C) groups is 1. The fourth-order valence-corrected chi connectivity index (χ4v) is 2.70. The van der Waals surface area contributed by atoms with Crippen LogP contribution < -0.4 is 5.32 Å². The molecule has 1 fully saturated rings. The third kappa shape index (κ3) is 4.70. The molecule has 130 valence electrons. The van der Waals surface area contributed by atoms with Crippen LogP contribution in [-0.4, -0.2) is 51.5 Å². The van der Waals surface area contributed by atoms with Crippen LogP contribution in [0.3, 0.4) is 0 Å². The lowest BCUT2D eigenvalue weighted by Gasteiger charge is -2.20. The predicted molar refractivity (Wildman–Crippen MR) is 106 cm³/mol. The minimum absolute atomic E-state index is 0. The Kier molecular flexibility index (Phi) is 7.04. The van der Waals surface area contributed by atoms with E-state index in [2.05, 4.69) is 34.4 Å². The molecule has 7 heteroatoms. The number of aliphatic hydroxyl groups is 1. The number of aliphatic hydroxyl groups excluding tert-OH is 1. The van der Waals surface area contributed by atoms with Crippen LogP contribution in [-0.2, 0) is 6.54 Å². The first-order chi connectivity index (χ1) is 11.3. The largest absolute Gasteiger partial charge is 0.391 e. The number of benzene rings is 1. The van der Waals surface area contributed by atoms with Crippen molar-refractivity contribution in [1.29, 1.82) is 0 Å². The highest BCUT2D eigenvalue weighted by Gasteiger charge is 2.22. The maximum Gasteiger partial charge on any atom is 0.194 e. The summed E-state index contributed by atoms with van der Waals surface area (Å²) in [4.78, 5) is 6.81. The Labute approximate surface area is 159 Å². The van der Waals surface area contributed by atoms with Crippen molar-refractivity contribution in [1.82, 2.24) is 20.0 Å². The van der Waals surface area contributed by atoms with Gasteiger partial charge in [-0.25, -0.2) is 9.67 Å². The van der Waals surface area contributed by atoms with Gasteiger partial charge in [0.25, 0.3) is 0 Å². The van der Waals surface area contributed by atoms with Crippen molar-refractivity contribution in [2.75, 3.05) is 19.6 Å². The molecule has 0 aliphatic carbocycles. The summed E-state index contributed by atoms with van der Waals surface area (Å²) < 4.78 is 1.84. The minimum Gasteiger partial charge on any atom is -0.391 e. The summed E-state index contributed by atoms with van der Waals surface area (Å²) in [5.74, 6) is 0.875. The zero-order valence-corrected chi connectivity index (χ0v) is 16.1. The number of guanidine groups is 1. The van der Waals surface area contributed by atoms with Gasteiger partial charge in [-0.15, -0.1) is 24.0 Å². The number of halogens is 1. The molecule has 2 N–H and O–H groups in total. The Morgan fingerprint density at radius 1 is 1.38 bits per heavy atom. The van der Waals surface area contributed by atoms with Gasteiger partial charge in [0, 0.05) is 32.0 Å². The number of nitrogens with one attached hydrogen (secondary N) is 1. The number of nitrogens with zero attached hydrogens (tertiary/aromatic N) is 4. The normalized spacial score (nSPS) is 17.7. The highest BCUT2D eigenvalue weighted by Crippen LogP contribution is 2.12. The number of β-amino-alcohol motifs (C(OH)–C–C–N with tert-alkyl or cyclic N) is 1. The number of rotatable bonds is 4. The Bertz CT molecular complexity index is 642. The molecular weight excluding hydrogens is 417 g/mol. The summed E-state index contributed by atoms with van der Waals surface area (Å²) in [6.45, 7) is 5.01. The second-order valence-electron chi connectivity index (χ2n) is 5.68. The zero-order chi connectivity index (χ0) is 16.1. The van der Waals surface area contributed by atoms with Crippen molar-refractivity contribution in [2.45, 2.75) is 26.0 Å². The lowest BCUT2D eigenvalue weighted by Crippen LogP contribution is -2.40. The Balaban J connectivity index is 0.00000208. The van der Waals surface area contributed by atoms with Gasteiger partial charge in [0.1, 0.15) is 0 Å². The first-order valence-electron chi connectivity index (χ1n) is 8.06. The van der Waals surface area contributed by atoms with E-state index in [1.54, 1.807) is 6.20 Å². The van der Waals surface area contributed by atoms with E-state index in [0.29, 0.717) is 13.1 Å². The third-order valence-corrected chi connectivity index (χ3v) is 3.91. The highest BCUT2D eigenvalue weighted by molar-refractivity contribution is 14.0. The van der Waals surface area contributed by atoms with Gasteiger partial charge in [0.2, 0.25) is 0 Å². The standard InChI is InChI=1S/C17H23N5O.HI/c1-2-18-17(21-11-8-16(23)13-21)19-12-14-4-6-15(7-5-14)22-10-3-9-20-22;/h3-7,9-10,16,23H,2,8,11-13H2,1H3,(H,18,19);1H/t16-;/m1./s1. The molecule has 1 aromatic heterocycles. The SMILES string of the molecule is CCNC(=NCc1ccc(-n2cccn2)cc1)N1CC[C@@H](O)C1.I. The van der Waals surface area contributed by atoms with Crippen molar-refractivity contribution in [2.24, 2.45) is 4.99 Å². The first kappa shape index (κ1) is 18.7. The molecule has 0 amide bonds. The van der Waals surface area contributed by atoms with Crippen molar-refractivity contribution in [3.05, 3.63) is 48.3 Å². The van der Waals surface area contributed by atoms with Crippen LogP contribution >= 0.6 is 24.0 Å². The third-order valence-electron chi connectivity index (χ3n) is 3.91. The second kappa shape index (κ2) is 9.03. The quantitative estimate of drug-likeness (QED) is 0.433. The van der Waals surface area contributed by atoms with E-state index in [4.69, 9.17) is 4.99 Å². The summed E-state index contributed by atoms with van der Waals surface area (Å²) in [5.41, 5.74) is 2.19. The van der Waals surface area contributed by atoms with Crippen LogP contribution in [0.15, 0.2) is 47.7 Å². The second-order valence-corrected chi connectivity index (χ2v) is 5.68. The molecule has 0 saturated carbocycles. The van der Waals surface area contributed by atoms with Crippen LogP contribution in [0.25, 0.3) is 5.69 Å². The van der Waals surface area contributed by atoms with E-state index in [9.17, 15) is 5.11 Å². The van der Waals surface area contributed by atoms with Gasteiger partial charge in [-0.05, 0) is 37.1 Å². The van der Waals surface area contributed by atoms with Gasteiger partial charge < -0.3 is 15.3 Å². The van der Waals surface area contributed by atoms with E-state index in [0.717, 1.165) is 36.7 Å². The maximum atomic E-state index is 9.69. The summed E-state index contributed by atoms with van der Waals surface area (Å²) in [5, 5.41) is 17.2. The lowest BCUT2D eigenvalue weighted by molar-refractivity contribution is 0.188. The molecule has 2 heterocycles. The molecule has 0 spiro atoms. The van der Waals surface area contributed by atoms with Gasteiger partial charge in [-0.3, -0.25) is 0 Å². The molecule has 1 aromatic carbocycles. The molecule has 1 saturated heterocycles. The molecule has 0 bridgehead atoms. The predicted octanol–water partition coefficient (Wildman–Crippen LogP) is 2.02. The minimum atomic E-state index is -0.243. The number of hydrogen-bond acceptors (Lipinski definition) is 3. The molecule has 1 atom stereocenters. The van der Waals surface area contributed by atoms with Crippen molar-refractivity contribution < 1.29 is 5.11 Å². The number of hydrogen-bond donors (Lipinski definition) is 2. The smallest absolute Gasteiger partial charge is 0.194 e. The first-order valence-corrected chi connectivity index (χ1v) is 8.06. The van der Waals surface area contributed by atoms with Crippen molar-refractivity contribution in [3.8, 4) is 5.69 Å². The van der Waals surface area contributed by atoms with Crippen LogP contribution in [0.2, 0.25) is 0 Å². The molecular formula is C17H24IN5O. The zero-order valence-electron chi connectivity index (χ0n) is 13.8. The molecule has 0 unspecified atom stereocenters. The van der Waals surface area contributed by atoms with Gasteiger partial charge in [0.05, 0.1) is 18.3 Å². The van der Waals surface area contributed by atoms with Crippen LogP contribution in [0.4, 0.5) is 0 Å². The lowest BCUT2D eigenvalue weighted by atomic mass is 10.2.